The Hall–Kier alpha value is -4.75. The molecule has 0 atom stereocenters. The van der Waals surface area contributed by atoms with Crippen molar-refractivity contribution in [1.29, 1.82) is 0 Å². The molecule has 0 saturated carbocycles. The average Bonchev–Trinajstić information content (AvgIpc) is 3.82. The largest absolute Gasteiger partial charge is 2.00 e. The topological polar surface area (TPSA) is 103 Å². The van der Waals surface area contributed by atoms with Crippen molar-refractivity contribution in [3.8, 4) is 33.8 Å². The molecule has 0 radical (unpaired) electrons. The van der Waals surface area contributed by atoms with E-state index in [1.807, 2.05) is 0 Å². The summed E-state index contributed by atoms with van der Waals surface area (Å²) in [6.07, 6.45) is -1.50. The Morgan fingerprint density at radius 3 is 0.981 bits per heavy atom. The first-order valence-electron chi connectivity index (χ1n) is 17.7. The first kappa shape index (κ1) is 40.0. The Kier molecular flexibility index (Phi) is 13.2. The summed E-state index contributed by atoms with van der Waals surface area (Å²) in [5.74, 6) is 1.46. The van der Waals surface area contributed by atoms with E-state index in [4.69, 9.17) is 25.2 Å². The molecule has 6 rings (SSSR count). The van der Waals surface area contributed by atoms with Crippen LogP contribution < -0.4 is 5.11 Å². The van der Waals surface area contributed by atoms with Crippen LogP contribution in [0.25, 0.3) is 33.8 Å². The van der Waals surface area contributed by atoms with Gasteiger partial charge in [-0.1, -0.05) is 114 Å². The summed E-state index contributed by atoms with van der Waals surface area (Å²) in [6, 6.07) is 32.9. The maximum Gasteiger partial charge on any atom is 2.00 e. The predicted molar refractivity (Wildman–Crippen MR) is 205 cm³/mol. The van der Waals surface area contributed by atoms with Crippen LogP contribution in [0.15, 0.2) is 91.0 Å². The van der Waals surface area contributed by atoms with Crippen molar-refractivity contribution in [3.63, 3.8) is 0 Å². The number of carbonyl (C=O) groups excluding carboxylic acids is 1. The van der Waals surface area contributed by atoms with Gasteiger partial charge >= 0.3 is 26.6 Å². The quantitative estimate of drug-likeness (QED) is 0.109. The summed E-state index contributed by atoms with van der Waals surface area (Å²) in [5, 5.41) is 24.8. The van der Waals surface area contributed by atoms with Gasteiger partial charge in [0.2, 0.25) is 0 Å². The number of methoxy groups -OCH3 is 1. The summed E-state index contributed by atoms with van der Waals surface area (Å²) in [7, 11) is -0.575. The van der Waals surface area contributed by atoms with Gasteiger partial charge in [-0.15, -0.1) is 0 Å². The van der Waals surface area contributed by atoms with E-state index in [2.05, 4.69) is 172 Å². The number of hydrogen-bond acceptors (Lipinski definition) is 6. The Bertz CT molecular complexity index is 1850. The molecule has 0 fully saturated rings. The maximum absolute atomic E-state index is 9.03. The third-order valence-corrected chi connectivity index (χ3v) is 9.53. The van der Waals surface area contributed by atoms with Crippen molar-refractivity contribution >= 4 is 13.3 Å². The minimum Gasteiger partial charge on any atom is -0.553 e. The van der Waals surface area contributed by atoms with E-state index in [-0.39, 0.29) is 19.5 Å². The van der Waals surface area contributed by atoms with Crippen LogP contribution in [0.4, 0.5) is 4.79 Å². The number of rotatable bonds is 9. The average molecular weight is 750 g/mol. The normalized spacial score (nSPS) is 11.2. The molecule has 3 heterocycles. The van der Waals surface area contributed by atoms with Crippen LogP contribution >= 0.6 is 0 Å². The number of hydrogen-bond donors (Lipinski definition) is 0. The molecule has 0 unspecified atom stereocenters. The fourth-order valence-corrected chi connectivity index (χ4v) is 6.31. The van der Waals surface area contributed by atoms with Gasteiger partial charge in [-0.3, -0.25) is 0 Å². The predicted octanol–water partition coefficient (Wildman–Crippen LogP) is 8.21. The standard InChI is InChI=1S/C39H46BN6.C2H4O3.Zn/c1-25(2)31-10-16-34(17-11-31)37-22-28(7)44(41-37)40(45-29(8)23-38(42-45)35-18-12-32(13-19-35)26(3)4)46-30(9)24-39(43-46)36-20-14-33(15-21-36)27(5)6;1-5-2(3)4;/h10-27,40H,1-9H3;1H3,(H,3,4);/q-1;;+2/p-1. The van der Waals surface area contributed by atoms with Crippen molar-refractivity contribution in [2.75, 3.05) is 7.11 Å². The maximum atomic E-state index is 9.03. The van der Waals surface area contributed by atoms with Gasteiger partial charge in [0.1, 0.15) is 0 Å². The molecule has 3 aromatic carbocycles. The molecule has 11 heteroatoms. The van der Waals surface area contributed by atoms with Gasteiger partial charge in [-0.25, -0.2) is 15.3 Å². The van der Waals surface area contributed by atoms with Gasteiger partial charge in [0.05, 0.1) is 17.1 Å². The van der Waals surface area contributed by atoms with Crippen LogP contribution in [0.2, 0.25) is 0 Å². The molecule has 266 valence electrons. The minimum absolute atomic E-state index is 0. The third kappa shape index (κ3) is 8.99. The van der Waals surface area contributed by atoms with Crippen molar-refractivity contribution < 1.29 is 34.1 Å². The summed E-state index contributed by atoms with van der Waals surface area (Å²) in [6.45, 7) is 19.7. The molecule has 0 saturated heterocycles. The van der Waals surface area contributed by atoms with Crippen LogP contribution in [0.1, 0.15) is 93.1 Å². The molecule has 52 heavy (non-hydrogen) atoms. The van der Waals surface area contributed by atoms with Crippen LogP contribution in [-0.4, -0.2) is 49.5 Å². The molecule has 0 bridgehead atoms. The number of carbonyl (C=O) groups is 1. The zero-order valence-corrected chi connectivity index (χ0v) is 35.2. The van der Waals surface area contributed by atoms with Gasteiger partial charge in [-0.05, 0) is 90.5 Å². The van der Waals surface area contributed by atoms with Gasteiger partial charge in [0, 0.05) is 23.8 Å². The fraction of sp³-hybridized carbons (Fsp3) is 0.317. The van der Waals surface area contributed by atoms with Crippen molar-refractivity contribution in [2.24, 2.45) is 0 Å². The van der Waals surface area contributed by atoms with E-state index in [0.29, 0.717) is 17.8 Å². The smallest absolute Gasteiger partial charge is 0.553 e. The fourth-order valence-electron chi connectivity index (χ4n) is 6.31. The minimum atomic E-state index is -1.61. The summed E-state index contributed by atoms with van der Waals surface area (Å²) < 4.78 is 9.98. The molecule has 0 aliphatic carbocycles. The van der Waals surface area contributed by atoms with Crippen molar-refractivity contribution in [3.05, 3.63) is 125 Å². The van der Waals surface area contributed by atoms with Gasteiger partial charge in [-0.2, -0.15) is 0 Å². The third-order valence-electron chi connectivity index (χ3n) is 9.53. The van der Waals surface area contributed by atoms with Gasteiger partial charge in [0.25, 0.3) is 6.16 Å². The summed E-state index contributed by atoms with van der Waals surface area (Å²) in [4.78, 5) is 9.03. The number of ether oxygens (including phenoxy) is 1. The Morgan fingerprint density at radius 1 is 0.558 bits per heavy atom. The van der Waals surface area contributed by atoms with Crippen molar-refractivity contribution in [2.45, 2.75) is 80.1 Å². The molecule has 3 aromatic heterocycles. The molecule has 0 spiro atoms. The molecular formula is C41H49BN6O3Zn. The van der Waals surface area contributed by atoms with E-state index >= 15 is 0 Å². The van der Waals surface area contributed by atoms with Gasteiger partial charge < -0.3 is 28.4 Å². The SMILES string of the molecule is COC(=O)[O-].Cc1cc(-c2ccc(C(C)C)cc2)nn1[BH-](n1nc(-c2ccc(C(C)C)cc2)cc1C)n1nc(-c2ccc(C(C)C)cc2)cc1C.[Zn+2]. The first-order valence-corrected chi connectivity index (χ1v) is 17.7. The number of aromatic nitrogens is 6. The Balaban J connectivity index is 0.000000944. The van der Waals surface area contributed by atoms with E-state index in [9.17, 15) is 0 Å². The Morgan fingerprint density at radius 2 is 0.788 bits per heavy atom. The molecule has 0 N–H and O–H groups in total. The molecule has 9 nitrogen and oxygen atoms in total. The van der Waals surface area contributed by atoms with Crippen LogP contribution in [-0.2, 0) is 24.2 Å². The van der Waals surface area contributed by atoms with Crippen LogP contribution in [0.3, 0.4) is 0 Å². The van der Waals surface area contributed by atoms with E-state index in [1.165, 1.54) is 16.7 Å². The zero-order chi connectivity index (χ0) is 37.0. The summed E-state index contributed by atoms with van der Waals surface area (Å²) >= 11 is 0. The second-order valence-electron chi connectivity index (χ2n) is 14.2. The number of nitrogens with zero attached hydrogens (tertiary/aromatic N) is 6. The summed E-state index contributed by atoms with van der Waals surface area (Å²) in [5.41, 5.74) is 13.4. The second kappa shape index (κ2) is 17.2. The Labute approximate surface area is 320 Å². The molecule has 0 amide bonds. The second-order valence-corrected chi connectivity index (χ2v) is 14.2. The number of benzene rings is 3. The van der Waals surface area contributed by atoms with Crippen LogP contribution in [0, 0.1) is 20.8 Å². The molecule has 0 aliphatic rings. The number of aryl methyl sites for hydroxylation is 3. The van der Waals surface area contributed by atoms with Gasteiger partial charge in [0.15, 0.2) is 0 Å². The molecular weight excluding hydrogens is 701 g/mol. The molecule has 0 aliphatic heterocycles. The molecule has 6 aromatic rings. The first-order chi connectivity index (χ1) is 24.3. The zero-order valence-electron chi connectivity index (χ0n) is 32.2. The number of carboxylic acid groups (broad SMARTS) is 1. The van der Waals surface area contributed by atoms with E-state index < -0.39 is 13.3 Å². The van der Waals surface area contributed by atoms with Crippen molar-refractivity contribution in [1.82, 2.24) is 29.1 Å². The van der Waals surface area contributed by atoms with E-state index in [0.717, 1.165) is 58.0 Å². The monoisotopic (exact) mass is 748 g/mol. The van der Waals surface area contributed by atoms with E-state index in [1.54, 1.807) is 0 Å². The van der Waals surface area contributed by atoms with Crippen LogP contribution in [0.5, 0.6) is 0 Å².